The Hall–Kier alpha value is -1.40. The molecule has 0 aromatic carbocycles. The zero-order chi connectivity index (χ0) is 15.5. The first kappa shape index (κ1) is 15.5. The lowest BCUT2D eigenvalue weighted by molar-refractivity contribution is -0.133. The molecule has 0 radical (unpaired) electrons. The van der Waals surface area contributed by atoms with Gasteiger partial charge in [-0.25, -0.2) is 0 Å². The Bertz CT molecular complexity index is 516. The van der Waals surface area contributed by atoms with E-state index in [4.69, 9.17) is 4.52 Å². The maximum Gasteiger partial charge on any atom is 0.237 e. The lowest BCUT2D eigenvalue weighted by Crippen LogP contribution is -2.41. The van der Waals surface area contributed by atoms with E-state index in [1.54, 1.807) is 0 Å². The number of hydrogen-bond donors (Lipinski definition) is 0. The molecule has 2 saturated heterocycles. The number of amides is 1. The average molecular weight is 306 g/mol. The van der Waals surface area contributed by atoms with Crippen LogP contribution in [0.3, 0.4) is 0 Å². The van der Waals surface area contributed by atoms with E-state index in [0.29, 0.717) is 6.54 Å². The van der Waals surface area contributed by atoms with Crippen LogP contribution in [0, 0.1) is 6.92 Å². The van der Waals surface area contributed by atoms with Crippen LogP contribution >= 0.6 is 0 Å². The van der Waals surface area contributed by atoms with Crippen molar-refractivity contribution < 1.29 is 9.32 Å². The summed E-state index contributed by atoms with van der Waals surface area (Å²) in [6, 6.07) is 2.05. The normalized spacial score (nSPS) is 24.6. The molecule has 6 nitrogen and oxygen atoms in total. The molecule has 2 aliphatic rings. The summed E-state index contributed by atoms with van der Waals surface area (Å²) >= 11 is 0. The summed E-state index contributed by atoms with van der Waals surface area (Å²) in [5, 5.41) is 4.11. The van der Waals surface area contributed by atoms with E-state index in [0.717, 1.165) is 63.4 Å². The van der Waals surface area contributed by atoms with Crippen molar-refractivity contribution in [2.75, 3.05) is 46.3 Å². The first-order valence-corrected chi connectivity index (χ1v) is 8.27. The standard InChI is InChI=1S/C16H26N4O2/c1-13-11-14(17-22-13)15-5-3-8-20(15)16(21)12-19-7-4-6-18(2)9-10-19/h11,15H,3-10,12H2,1-2H3/t15-/m1/s1. The Balaban J connectivity index is 1.61. The smallest absolute Gasteiger partial charge is 0.237 e. The maximum atomic E-state index is 12.7. The zero-order valence-corrected chi connectivity index (χ0v) is 13.6. The second kappa shape index (κ2) is 6.79. The van der Waals surface area contributed by atoms with Crippen molar-refractivity contribution in [3.8, 4) is 0 Å². The quantitative estimate of drug-likeness (QED) is 0.842. The lowest BCUT2D eigenvalue weighted by Gasteiger charge is -2.27. The molecule has 0 aliphatic carbocycles. The Kier molecular flexibility index (Phi) is 4.78. The summed E-state index contributed by atoms with van der Waals surface area (Å²) in [5.41, 5.74) is 0.902. The van der Waals surface area contributed by atoms with Crippen molar-refractivity contribution in [2.24, 2.45) is 0 Å². The van der Waals surface area contributed by atoms with Crippen molar-refractivity contribution in [3.05, 3.63) is 17.5 Å². The van der Waals surface area contributed by atoms with Crippen LogP contribution in [0.15, 0.2) is 10.6 Å². The van der Waals surface area contributed by atoms with Crippen LogP contribution in [0.4, 0.5) is 0 Å². The van der Waals surface area contributed by atoms with Gasteiger partial charge < -0.3 is 14.3 Å². The number of likely N-dealkylation sites (tertiary alicyclic amines) is 1. The molecule has 122 valence electrons. The zero-order valence-electron chi connectivity index (χ0n) is 13.6. The number of nitrogens with zero attached hydrogens (tertiary/aromatic N) is 4. The summed E-state index contributed by atoms with van der Waals surface area (Å²) in [7, 11) is 2.15. The molecule has 0 unspecified atom stereocenters. The number of hydrogen-bond acceptors (Lipinski definition) is 5. The number of carbonyl (C=O) groups excluding carboxylic acids is 1. The van der Waals surface area contributed by atoms with E-state index in [1.807, 2.05) is 17.9 Å². The van der Waals surface area contributed by atoms with Gasteiger partial charge in [-0.15, -0.1) is 0 Å². The minimum absolute atomic E-state index is 0.0969. The molecule has 1 aromatic heterocycles. The predicted octanol–water partition coefficient (Wildman–Crippen LogP) is 1.28. The summed E-state index contributed by atoms with van der Waals surface area (Å²) in [6.07, 6.45) is 3.17. The van der Waals surface area contributed by atoms with Crippen LogP contribution < -0.4 is 0 Å². The average Bonchev–Trinajstić information content (AvgIpc) is 3.08. The van der Waals surface area contributed by atoms with Crippen molar-refractivity contribution in [2.45, 2.75) is 32.2 Å². The molecule has 1 aromatic rings. The molecule has 2 fully saturated rings. The molecule has 0 saturated carbocycles. The number of likely N-dealkylation sites (N-methyl/N-ethyl adjacent to an activating group) is 1. The van der Waals surface area contributed by atoms with Gasteiger partial charge in [-0.05, 0) is 46.3 Å². The van der Waals surface area contributed by atoms with Crippen LogP contribution in [0.5, 0.6) is 0 Å². The maximum absolute atomic E-state index is 12.7. The molecule has 0 N–H and O–H groups in total. The third-order valence-corrected chi connectivity index (χ3v) is 4.73. The van der Waals surface area contributed by atoms with Gasteiger partial charge in [-0.2, -0.15) is 0 Å². The molecule has 3 rings (SSSR count). The first-order chi connectivity index (χ1) is 10.6. The van der Waals surface area contributed by atoms with Gasteiger partial charge in [0.1, 0.15) is 11.5 Å². The molecule has 0 spiro atoms. The minimum Gasteiger partial charge on any atom is -0.361 e. The highest BCUT2D eigenvalue weighted by atomic mass is 16.5. The SMILES string of the molecule is Cc1cc([C@H]2CCCN2C(=O)CN2CCCN(C)CC2)no1. The van der Waals surface area contributed by atoms with E-state index in [1.165, 1.54) is 0 Å². The molecular weight excluding hydrogens is 280 g/mol. The fraction of sp³-hybridized carbons (Fsp3) is 0.750. The van der Waals surface area contributed by atoms with Gasteiger partial charge in [0.25, 0.3) is 0 Å². The van der Waals surface area contributed by atoms with Crippen LogP contribution in [0.2, 0.25) is 0 Å². The molecule has 6 heteroatoms. The second-order valence-electron chi connectivity index (χ2n) is 6.54. The predicted molar refractivity (Wildman–Crippen MR) is 83.5 cm³/mol. The second-order valence-corrected chi connectivity index (χ2v) is 6.54. The Morgan fingerprint density at radius 2 is 2.14 bits per heavy atom. The Labute approximate surface area is 132 Å². The molecule has 1 atom stereocenters. The van der Waals surface area contributed by atoms with Crippen molar-refractivity contribution in [3.63, 3.8) is 0 Å². The number of aromatic nitrogens is 1. The molecule has 0 bridgehead atoms. The van der Waals surface area contributed by atoms with Gasteiger partial charge in [0.2, 0.25) is 5.91 Å². The summed E-state index contributed by atoms with van der Waals surface area (Å²) in [6.45, 7) is 7.41. The highest BCUT2D eigenvalue weighted by Crippen LogP contribution is 2.31. The summed E-state index contributed by atoms with van der Waals surface area (Å²) in [5.74, 6) is 1.04. The van der Waals surface area contributed by atoms with E-state index < -0.39 is 0 Å². The van der Waals surface area contributed by atoms with Gasteiger partial charge >= 0.3 is 0 Å². The third kappa shape index (κ3) is 3.50. The van der Waals surface area contributed by atoms with E-state index in [2.05, 4.69) is 22.0 Å². The van der Waals surface area contributed by atoms with Gasteiger partial charge in [0.15, 0.2) is 0 Å². The van der Waals surface area contributed by atoms with Gasteiger partial charge in [0, 0.05) is 25.7 Å². The molecule has 3 heterocycles. The molecule has 22 heavy (non-hydrogen) atoms. The van der Waals surface area contributed by atoms with E-state index in [-0.39, 0.29) is 11.9 Å². The Morgan fingerprint density at radius 1 is 1.27 bits per heavy atom. The lowest BCUT2D eigenvalue weighted by atomic mass is 10.1. The monoisotopic (exact) mass is 306 g/mol. The van der Waals surface area contributed by atoms with Gasteiger partial charge in [-0.3, -0.25) is 9.69 Å². The fourth-order valence-corrected chi connectivity index (χ4v) is 3.46. The summed E-state index contributed by atoms with van der Waals surface area (Å²) in [4.78, 5) is 19.3. The first-order valence-electron chi connectivity index (χ1n) is 8.27. The van der Waals surface area contributed by atoms with Gasteiger partial charge in [-0.1, -0.05) is 5.16 Å². The van der Waals surface area contributed by atoms with Crippen molar-refractivity contribution in [1.29, 1.82) is 0 Å². The molecule has 1 amide bonds. The number of aryl methyl sites for hydroxylation is 1. The Morgan fingerprint density at radius 3 is 2.91 bits per heavy atom. The fourth-order valence-electron chi connectivity index (χ4n) is 3.46. The third-order valence-electron chi connectivity index (χ3n) is 4.73. The van der Waals surface area contributed by atoms with Crippen LogP contribution in [0.1, 0.15) is 36.8 Å². The summed E-state index contributed by atoms with van der Waals surface area (Å²) < 4.78 is 5.18. The number of rotatable bonds is 3. The number of carbonyl (C=O) groups is 1. The highest BCUT2D eigenvalue weighted by molar-refractivity contribution is 5.79. The van der Waals surface area contributed by atoms with E-state index >= 15 is 0 Å². The van der Waals surface area contributed by atoms with Gasteiger partial charge in [0.05, 0.1) is 12.6 Å². The van der Waals surface area contributed by atoms with E-state index in [9.17, 15) is 4.79 Å². The minimum atomic E-state index is 0.0969. The largest absolute Gasteiger partial charge is 0.361 e. The highest BCUT2D eigenvalue weighted by Gasteiger charge is 2.32. The van der Waals surface area contributed by atoms with Crippen LogP contribution in [-0.4, -0.2) is 72.1 Å². The molecule has 2 aliphatic heterocycles. The molecular formula is C16H26N4O2. The van der Waals surface area contributed by atoms with Crippen molar-refractivity contribution >= 4 is 5.91 Å². The van der Waals surface area contributed by atoms with Crippen LogP contribution in [0.25, 0.3) is 0 Å². The topological polar surface area (TPSA) is 52.8 Å². The van der Waals surface area contributed by atoms with Crippen LogP contribution in [-0.2, 0) is 4.79 Å². The van der Waals surface area contributed by atoms with Crippen molar-refractivity contribution in [1.82, 2.24) is 19.9 Å².